The van der Waals surface area contributed by atoms with E-state index in [4.69, 9.17) is 10.00 Å². The van der Waals surface area contributed by atoms with Crippen molar-refractivity contribution in [1.82, 2.24) is 14.7 Å². The van der Waals surface area contributed by atoms with Gasteiger partial charge in [0.25, 0.3) is 10.0 Å². The van der Waals surface area contributed by atoms with Gasteiger partial charge in [0, 0.05) is 17.7 Å². The molecule has 0 bridgehead atoms. The minimum Gasteiger partial charge on any atom is -0.497 e. The zero-order valence-corrected chi connectivity index (χ0v) is 19.6. The van der Waals surface area contributed by atoms with E-state index in [9.17, 15) is 13.2 Å². The van der Waals surface area contributed by atoms with E-state index in [2.05, 4.69) is 20.0 Å². The Hall–Kier alpha value is -4.17. The van der Waals surface area contributed by atoms with Crippen molar-refractivity contribution in [1.29, 1.82) is 5.26 Å². The molecule has 1 aromatic heterocycles. The molecule has 10 nitrogen and oxygen atoms in total. The van der Waals surface area contributed by atoms with Crippen LogP contribution in [0.2, 0.25) is 0 Å². The maximum absolute atomic E-state index is 12.5. The van der Waals surface area contributed by atoms with Crippen molar-refractivity contribution in [3.05, 3.63) is 66.0 Å². The highest BCUT2D eigenvalue weighted by Crippen LogP contribution is 2.26. The molecular weight excluding hydrogens is 458 g/mol. The minimum atomic E-state index is -4.17. The Morgan fingerprint density at radius 3 is 2.65 bits per heavy atom. The smallest absolute Gasteiger partial charge is 0.422 e. The normalized spacial score (nSPS) is 11.7. The Bertz CT molecular complexity index is 1340. The number of nitriles is 1. The molecule has 0 aliphatic carbocycles. The zero-order valence-electron chi connectivity index (χ0n) is 18.8. The van der Waals surface area contributed by atoms with Gasteiger partial charge in [-0.15, -0.1) is 0 Å². The molecule has 2 N–H and O–H groups in total. The molecule has 1 atom stereocenters. The predicted molar refractivity (Wildman–Crippen MR) is 125 cm³/mol. The van der Waals surface area contributed by atoms with Gasteiger partial charge in [0.2, 0.25) is 0 Å². The average Bonchev–Trinajstić information content (AvgIpc) is 2.82. The van der Waals surface area contributed by atoms with E-state index in [0.29, 0.717) is 28.6 Å². The number of benzene rings is 2. The van der Waals surface area contributed by atoms with E-state index in [0.717, 1.165) is 5.56 Å². The second-order valence-corrected chi connectivity index (χ2v) is 8.88. The molecule has 0 aliphatic rings. The molecule has 0 saturated carbocycles. The highest BCUT2D eigenvalue weighted by Gasteiger charge is 2.20. The van der Waals surface area contributed by atoms with Crippen molar-refractivity contribution in [2.75, 3.05) is 19.0 Å². The van der Waals surface area contributed by atoms with Gasteiger partial charge in [0.15, 0.2) is 6.61 Å². The van der Waals surface area contributed by atoms with Crippen LogP contribution in [0.5, 0.6) is 5.75 Å². The number of carbonyl (C=O) groups is 1. The molecule has 2 aromatic carbocycles. The SMILES string of the molecule is COc1cccc(-c2cc(NC(C)c3cccc(S(=O)(=O)NC(=O)OCC#N)c3)nc(C)n2)c1. The molecule has 3 rings (SSSR count). The highest BCUT2D eigenvalue weighted by molar-refractivity contribution is 7.90. The maximum atomic E-state index is 12.5. The van der Waals surface area contributed by atoms with Gasteiger partial charge in [-0.1, -0.05) is 24.3 Å². The van der Waals surface area contributed by atoms with Gasteiger partial charge in [-0.2, -0.15) is 5.26 Å². The lowest BCUT2D eigenvalue weighted by Gasteiger charge is -2.17. The average molecular weight is 482 g/mol. The first-order valence-corrected chi connectivity index (χ1v) is 11.6. The fourth-order valence-electron chi connectivity index (χ4n) is 3.12. The van der Waals surface area contributed by atoms with Crippen LogP contribution in [0.1, 0.15) is 24.4 Å². The summed E-state index contributed by atoms with van der Waals surface area (Å²) < 4.78 is 36.5. The fourth-order valence-corrected chi connectivity index (χ4v) is 4.07. The van der Waals surface area contributed by atoms with Gasteiger partial charge in [-0.25, -0.2) is 27.9 Å². The fraction of sp³-hybridized carbons (Fsp3) is 0.217. The summed E-state index contributed by atoms with van der Waals surface area (Å²) in [5.74, 6) is 1.83. The molecule has 0 saturated heterocycles. The Balaban J connectivity index is 1.81. The molecule has 176 valence electrons. The summed E-state index contributed by atoms with van der Waals surface area (Å²) in [6.45, 7) is 3.07. The van der Waals surface area contributed by atoms with Crippen molar-refractivity contribution in [3.63, 3.8) is 0 Å². The number of anilines is 1. The van der Waals surface area contributed by atoms with Crippen molar-refractivity contribution < 1.29 is 22.7 Å². The van der Waals surface area contributed by atoms with Crippen molar-refractivity contribution >= 4 is 21.9 Å². The van der Waals surface area contributed by atoms with E-state index < -0.39 is 22.7 Å². The van der Waals surface area contributed by atoms with Crippen LogP contribution in [0, 0.1) is 18.3 Å². The van der Waals surface area contributed by atoms with Crippen LogP contribution in [0.25, 0.3) is 11.3 Å². The van der Waals surface area contributed by atoms with Gasteiger partial charge >= 0.3 is 6.09 Å². The summed E-state index contributed by atoms with van der Waals surface area (Å²) in [7, 11) is -2.58. The summed E-state index contributed by atoms with van der Waals surface area (Å²) in [5, 5.41) is 11.7. The molecule has 3 aromatic rings. The number of methoxy groups -OCH3 is 1. The predicted octanol–water partition coefficient (Wildman–Crippen LogP) is 3.57. The summed E-state index contributed by atoms with van der Waals surface area (Å²) in [4.78, 5) is 20.4. The van der Waals surface area contributed by atoms with Crippen molar-refractivity contribution in [2.24, 2.45) is 0 Å². The zero-order chi connectivity index (χ0) is 24.7. The number of nitrogens with zero attached hydrogens (tertiary/aromatic N) is 3. The summed E-state index contributed by atoms with van der Waals surface area (Å²) in [6, 6.07) is 16.7. The first-order valence-electron chi connectivity index (χ1n) is 10.1. The molecule has 0 aliphatic heterocycles. The Morgan fingerprint density at radius 2 is 1.91 bits per heavy atom. The van der Waals surface area contributed by atoms with Crippen LogP contribution in [-0.4, -0.2) is 38.2 Å². The third-order valence-corrected chi connectivity index (χ3v) is 6.03. The lowest BCUT2D eigenvalue weighted by molar-refractivity contribution is 0.166. The maximum Gasteiger partial charge on any atom is 0.422 e. The third kappa shape index (κ3) is 6.20. The molecule has 0 radical (unpaired) electrons. The van der Waals surface area contributed by atoms with Crippen LogP contribution in [0.15, 0.2) is 59.5 Å². The number of sulfonamides is 1. The minimum absolute atomic E-state index is 0.122. The molecule has 1 amide bonds. The standard InChI is InChI=1S/C23H23N5O5S/c1-15(17-6-5-9-20(13-17)34(30,31)28-23(29)33-11-10-24)25-22-14-21(26-16(2)27-22)18-7-4-8-19(12-18)32-3/h4-9,12-15H,11H2,1-3H3,(H,28,29)(H,25,26,27). The number of amides is 1. The Morgan fingerprint density at radius 1 is 1.15 bits per heavy atom. The second-order valence-electron chi connectivity index (χ2n) is 7.20. The summed E-state index contributed by atoms with van der Waals surface area (Å²) in [6.07, 6.45) is -1.22. The van der Waals surface area contributed by atoms with Gasteiger partial charge in [0.1, 0.15) is 23.5 Å². The van der Waals surface area contributed by atoms with Gasteiger partial charge in [0.05, 0.1) is 17.7 Å². The second kappa shape index (κ2) is 10.6. The molecular formula is C23H23N5O5S. The third-order valence-electron chi connectivity index (χ3n) is 4.72. The molecule has 1 heterocycles. The quantitative estimate of drug-likeness (QED) is 0.493. The van der Waals surface area contributed by atoms with E-state index in [1.165, 1.54) is 12.1 Å². The van der Waals surface area contributed by atoms with E-state index >= 15 is 0 Å². The summed E-state index contributed by atoms with van der Waals surface area (Å²) in [5.41, 5.74) is 2.22. The number of aryl methyl sites for hydroxylation is 1. The number of nitrogens with one attached hydrogen (secondary N) is 2. The van der Waals surface area contributed by atoms with Crippen LogP contribution in [0.3, 0.4) is 0 Å². The molecule has 1 unspecified atom stereocenters. The van der Waals surface area contributed by atoms with Crippen LogP contribution in [-0.2, 0) is 14.8 Å². The van der Waals surface area contributed by atoms with E-state index in [1.807, 2.05) is 31.2 Å². The van der Waals surface area contributed by atoms with E-state index in [1.54, 1.807) is 43.0 Å². The molecule has 34 heavy (non-hydrogen) atoms. The van der Waals surface area contributed by atoms with Gasteiger partial charge < -0.3 is 14.8 Å². The summed E-state index contributed by atoms with van der Waals surface area (Å²) >= 11 is 0. The number of ether oxygens (including phenoxy) is 2. The van der Waals surface area contributed by atoms with Crippen molar-refractivity contribution in [2.45, 2.75) is 24.8 Å². The molecule has 11 heteroatoms. The topological polar surface area (TPSA) is 143 Å². The molecule has 0 fully saturated rings. The molecule has 0 spiro atoms. The number of hydrogen-bond acceptors (Lipinski definition) is 9. The largest absolute Gasteiger partial charge is 0.497 e. The first kappa shape index (κ1) is 24.5. The lowest BCUT2D eigenvalue weighted by atomic mass is 10.1. The Kier molecular flexibility index (Phi) is 7.65. The monoisotopic (exact) mass is 481 g/mol. The van der Waals surface area contributed by atoms with Gasteiger partial charge in [-0.05, 0) is 43.7 Å². The Labute approximate surface area is 197 Å². The number of rotatable bonds is 8. The van der Waals surface area contributed by atoms with Crippen molar-refractivity contribution in [3.8, 4) is 23.1 Å². The van der Waals surface area contributed by atoms with Crippen LogP contribution >= 0.6 is 0 Å². The number of aromatic nitrogens is 2. The number of carbonyl (C=O) groups excluding carboxylic acids is 1. The highest BCUT2D eigenvalue weighted by atomic mass is 32.2. The van der Waals surface area contributed by atoms with Crippen LogP contribution in [0.4, 0.5) is 10.6 Å². The van der Waals surface area contributed by atoms with Crippen LogP contribution < -0.4 is 14.8 Å². The first-order chi connectivity index (χ1) is 16.2. The number of hydrogen-bond donors (Lipinski definition) is 2. The van der Waals surface area contributed by atoms with E-state index in [-0.39, 0.29) is 10.9 Å². The van der Waals surface area contributed by atoms with Gasteiger partial charge in [-0.3, -0.25) is 0 Å². The lowest BCUT2D eigenvalue weighted by Crippen LogP contribution is -2.31.